The van der Waals surface area contributed by atoms with Crippen LogP contribution in [0.25, 0.3) is 0 Å². The van der Waals surface area contributed by atoms with Gasteiger partial charge in [0.25, 0.3) is 0 Å². The fourth-order valence-electron chi connectivity index (χ4n) is 3.91. The van der Waals surface area contributed by atoms with Gasteiger partial charge in [-0.2, -0.15) is 0 Å². The van der Waals surface area contributed by atoms with Crippen LogP contribution in [0.4, 0.5) is 5.69 Å². The van der Waals surface area contributed by atoms with Crippen LogP contribution in [0.5, 0.6) is 17.2 Å². The summed E-state index contributed by atoms with van der Waals surface area (Å²) in [4.78, 5) is 31.3. The summed E-state index contributed by atoms with van der Waals surface area (Å²) in [7, 11) is 4.61. The quantitative estimate of drug-likeness (QED) is 0.582. The van der Waals surface area contributed by atoms with Crippen molar-refractivity contribution in [3.05, 3.63) is 12.1 Å². The van der Waals surface area contributed by atoms with Crippen molar-refractivity contribution in [1.29, 1.82) is 0 Å². The minimum Gasteiger partial charge on any atom is -0.493 e. The average Bonchev–Trinajstić information content (AvgIpc) is 2.83. The fraction of sp³-hybridized carbons (Fsp3) is 0.636. The number of nitrogens with zero attached hydrogens (tertiary/aromatic N) is 3. The largest absolute Gasteiger partial charge is 0.493 e. The number of nitrogens with one attached hydrogen (secondary N) is 1. The maximum absolute atomic E-state index is 12.5. The molecular weight excluding hydrogens is 416 g/mol. The number of hydrogen-bond acceptors (Lipinski definition) is 8. The van der Waals surface area contributed by atoms with E-state index in [2.05, 4.69) is 15.1 Å². The van der Waals surface area contributed by atoms with Crippen LogP contribution in [-0.4, -0.2) is 113 Å². The number of amides is 2. The SMILES string of the molecule is COc1cc(NC(=O)CCN2CCN(C(=O)CN3CCOCC3)CC2)cc(OC)c1OC. The monoisotopic (exact) mass is 450 g/mol. The van der Waals surface area contributed by atoms with Gasteiger partial charge in [-0.15, -0.1) is 0 Å². The van der Waals surface area contributed by atoms with Gasteiger partial charge in [-0.25, -0.2) is 0 Å². The zero-order chi connectivity index (χ0) is 22.9. The number of carbonyl (C=O) groups is 2. The topological polar surface area (TPSA) is 92.8 Å². The molecular formula is C22H34N4O6. The molecule has 32 heavy (non-hydrogen) atoms. The summed E-state index contributed by atoms with van der Waals surface area (Å²) < 4.78 is 21.3. The van der Waals surface area contributed by atoms with E-state index < -0.39 is 0 Å². The maximum atomic E-state index is 12.5. The summed E-state index contributed by atoms with van der Waals surface area (Å²) in [6, 6.07) is 3.41. The number of anilines is 1. The average molecular weight is 451 g/mol. The van der Waals surface area contributed by atoms with Gasteiger partial charge in [0.1, 0.15) is 0 Å². The molecule has 0 aromatic heterocycles. The predicted molar refractivity (Wildman–Crippen MR) is 120 cm³/mol. The number of benzene rings is 1. The zero-order valence-corrected chi connectivity index (χ0v) is 19.2. The molecule has 2 fully saturated rings. The first-order chi connectivity index (χ1) is 15.5. The van der Waals surface area contributed by atoms with Gasteiger partial charge < -0.3 is 29.2 Å². The molecule has 0 atom stereocenters. The van der Waals surface area contributed by atoms with Crippen LogP contribution in [-0.2, 0) is 14.3 Å². The van der Waals surface area contributed by atoms with Gasteiger partial charge in [0.05, 0.1) is 41.1 Å². The second-order valence-electron chi connectivity index (χ2n) is 7.82. The van der Waals surface area contributed by atoms with Crippen LogP contribution in [0.2, 0.25) is 0 Å². The Morgan fingerprint density at radius 3 is 2.09 bits per heavy atom. The molecule has 2 saturated heterocycles. The third-order valence-electron chi connectivity index (χ3n) is 5.79. The minimum absolute atomic E-state index is 0.0925. The zero-order valence-electron chi connectivity index (χ0n) is 19.2. The Balaban J connectivity index is 1.42. The van der Waals surface area contributed by atoms with Gasteiger partial charge in [-0.1, -0.05) is 0 Å². The van der Waals surface area contributed by atoms with E-state index >= 15 is 0 Å². The Labute approximate surface area is 189 Å². The first kappa shape index (κ1) is 24.1. The van der Waals surface area contributed by atoms with Crippen LogP contribution in [0.3, 0.4) is 0 Å². The second-order valence-corrected chi connectivity index (χ2v) is 7.82. The highest BCUT2D eigenvalue weighted by atomic mass is 16.5. The van der Waals surface area contributed by atoms with Gasteiger partial charge in [0, 0.05) is 70.1 Å². The van der Waals surface area contributed by atoms with E-state index in [1.54, 1.807) is 12.1 Å². The summed E-state index contributed by atoms with van der Waals surface area (Å²) in [5.74, 6) is 1.53. The lowest BCUT2D eigenvalue weighted by Crippen LogP contribution is -2.52. The number of piperazine rings is 1. The summed E-state index contributed by atoms with van der Waals surface area (Å²) in [6.07, 6.45) is 0.360. The smallest absolute Gasteiger partial charge is 0.236 e. The molecule has 2 aliphatic rings. The van der Waals surface area contributed by atoms with Gasteiger partial charge in [-0.05, 0) is 0 Å². The number of morpholine rings is 1. The van der Waals surface area contributed by atoms with Crippen molar-refractivity contribution in [2.75, 3.05) is 92.2 Å². The first-order valence-corrected chi connectivity index (χ1v) is 10.9. The molecule has 1 N–H and O–H groups in total. The van der Waals surface area contributed by atoms with E-state index in [9.17, 15) is 9.59 Å². The lowest BCUT2D eigenvalue weighted by atomic mass is 10.2. The second kappa shape index (κ2) is 11.9. The van der Waals surface area contributed by atoms with Gasteiger partial charge in [-0.3, -0.25) is 19.4 Å². The van der Waals surface area contributed by atoms with Crippen molar-refractivity contribution in [3.8, 4) is 17.2 Å². The van der Waals surface area contributed by atoms with Crippen LogP contribution in [0, 0.1) is 0 Å². The summed E-state index contributed by atoms with van der Waals surface area (Å²) in [6.45, 7) is 7.04. The Hall–Kier alpha value is -2.56. The van der Waals surface area contributed by atoms with E-state index in [0.29, 0.717) is 68.7 Å². The first-order valence-electron chi connectivity index (χ1n) is 10.9. The minimum atomic E-state index is -0.0925. The summed E-state index contributed by atoms with van der Waals surface area (Å²) in [5.41, 5.74) is 0.586. The van der Waals surface area contributed by atoms with Crippen LogP contribution < -0.4 is 19.5 Å². The van der Waals surface area contributed by atoms with Crippen molar-refractivity contribution in [1.82, 2.24) is 14.7 Å². The van der Waals surface area contributed by atoms with E-state index in [1.807, 2.05) is 4.90 Å². The number of carbonyl (C=O) groups excluding carboxylic acids is 2. The standard InChI is InChI=1S/C22H34N4O6/c1-29-18-14-17(15-19(30-2)22(18)31-3)23-20(27)4-5-24-6-8-26(9-7-24)21(28)16-25-10-12-32-13-11-25/h14-15H,4-13,16H2,1-3H3,(H,23,27). The van der Waals surface area contributed by atoms with Crippen LogP contribution in [0.15, 0.2) is 12.1 Å². The van der Waals surface area contributed by atoms with E-state index in [-0.39, 0.29) is 11.8 Å². The fourth-order valence-corrected chi connectivity index (χ4v) is 3.91. The van der Waals surface area contributed by atoms with Gasteiger partial charge in [0.2, 0.25) is 17.6 Å². The molecule has 178 valence electrons. The number of methoxy groups -OCH3 is 3. The lowest BCUT2D eigenvalue weighted by Gasteiger charge is -2.36. The van der Waals surface area contributed by atoms with Crippen molar-refractivity contribution in [2.24, 2.45) is 0 Å². The molecule has 1 aromatic rings. The molecule has 0 aliphatic carbocycles. The molecule has 0 saturated carbocycles. The van der Waals surface area contributed by atoms with E-state index in [0.717, 1.165) is 26.2 Å². The predicted octanol–water partition coefficient (Wildman–Crippen LogP) is 0.517. The highest BCUT2D eigenvalue weighted by molar-refractivity contribution is 5.91. The molecule has 0 spiro atoms. The Kier molecular flexibility index (Phi) is 8.95. The van der Waals surface area contributed by atoms with Crippen molar-refractivity contribution < 1.29 is 28.5 Å². The van der Waals surface area contributed by atoms with Crippen molar-refractivity contribution in [3.63, 3.8) is 0 Å². The van der Waals surface area contributed by atoms with Crippen molar-refractivity contribution >= 4 is 17.5 Å². The molecule has 3 rings (SSSR count). The van der Waals surface area contributed by atoms with E-state index in [4.69, 9.17) is 18.9 Å². The van der Waals surface area contributed by atoms with Gasteiger partial charge >= 0.3 is 0 Å². The molecule has 0 unspecified atom stereocenters. The van der Waals surface area contributed by atoms with Gasteiger partial charge in [0.15, 0.2) is 11.5 Å². The highest BCUT2D eigenvalue weighted by Gasteiger charge is 2.24. The third-order valence-corrected chi connectivity index (χ3v) is 5.79. The van der Waals surface area contributed by atoms with Crippen molar-refractivity contribution in [2.45, 2.75) is 6.42 Å². The Morgan fingerprint density at radius 2 is 1.53 bits per heavy atom. The molecule has 2 aliphatic heterocycles. The van der Waals surface area contributed by atoms with Crippen LogP contribution in [0.1, 0.15) is 6.42 Å². The number of rotatable bonds is 9. The molecule has 10 heteroatoms. The molecule has 2 amide bonds. The molecule has 1 aromatic carbocycles. The summed E-state index contributed by atoms with van der Waals surface area (Å²) in [5, 5.41) is 2.89. The lowest BCUT2D eigenvalue weighted by molar-refractivity contribution is -0.135. The normalized spacial score (nSPS) is 17.7. The number of ether oxygens (including phenoxy) is 4. The molecule has 2 heterocycles. The Bertz CT molecular complexity index is 751. The maximum Gasteiger partial charge on any atom is 0.236 e. The molecule has 0 radical (unpaired) electrons. The van der Waals surface area contributed by atoms with Crippen LogP contribution >= 0.6 is 0 Å². The Morgan fingerprint density at radius 1 is 0.906 bits per heavy atom. The number of hydrogen-bond donors (Lipinski definition) is 1. The van der Waals surface area contributed by atoms with E-state index in [1.165, 1.54) is 21.3 Å². The summed E-state index contributed by atoms with van der Waals surface area (Å²) >= 11 is 0. The molecule has 0 bridgehead atoms. The third kappa shape index (κ3) is 6.47. The molecule has 10 nitrogen and oxygen atoms in total. The highest BCUT2D eigenvalue weighted by Crippen LogP contribution is 2.39.